The summed E-state index contributed by atoms with van der Waals surface area (Å²) < 4.78 is 7.21. The highest BCUT2D eigenvalue weighted by molar-refractivity contribution is 7.13. The standard InChI is InChI=1S/C29H38N8O2S/c1-4-36(5-2)21(3)19-31-29(38)22-17-25(33-27(18-22)30-9-11-35-12-14-39-15-13-35)23-20-32-37-10-8-24(34-28(23)37)26-7-6-16-40-26/h6-8,10,16-18,20-21H,4-5,9,11-15,19H2,1-3H3,(H,30,33)(H,31,38). The molecule has 1 saturated heterocycles. The van der Waals surface area contributed by atoms with Crippen LogP contribution in [0.5, 0.6) is 0 Å². The van der Waals surface area contributed by atoms with Crippen LogP contribution in [0.1, 0.15) is 31.1 Å². The number of ether oxygens (including phenoxy) is 1. The molecule has 212 valence electrons. The van der Waals surface area contributed by atoms with Gasteiger partial charge in [-0.25, -0.2) is 14.5 Å². The maximum absolute atomic E-state index is 13.4. The first-order valence-corrected chi connectivity index (χ1v) is 14.9. The zero-order chi connectivity index (χ0) is 27.9. The van der Waals surface area contributed by atoms with Gasteiger partial charge in [-0.2, -0.15) is 5.10 Å². The molecule has 0 aromatic carbocycles. The summed E-state index contributed by atoms with van der Waals surface area (Å²) in [6, 6.07) is 9.94. The number of rotatable bonds is 12. The molecule has 0 saturated carbocycles. The first kappa shape index (κ1) is 28.2. The number of morpholine rings is 1. The lowest BCUT2D eigenvalue weighted by atomic mass is 10.1. The molecule has 0 radical (unpaired) electrons. The van der Waals surface area contributed by atoms with E-state index in [1.165, 1.54) is 0 Å². The molecule has 1 aliphatic heterocycles. The molecular weight excluding hydrogens is 524 g/mol. The lowest BCUT2D eigenvalue weighted by Crippen LogP contribution is -2.42. The van der Waals surface area contributed by atoms with Gasteiger partial charge in [-0.15, -0.1) is 11.3 Å². The molecule has 10 nitrogen and oxygen atoms in total. The Balaban J connectivity index is 1.42. The van der Waals surface area contributed by atoms with Crippen LogP contribution in [0.4, 0.5) is 5.82 Å². The fourth-order valence-electron chi connectivity index (χ4n) is 4.99. The first-order chi connectivity index (χ1) is 19.6. The summed E-state index contributed by atoms with van der Waals surface area (Å²) >= 11 is 1.65. The largest absolute Gasteiger partial charge is 0.379 e. The maximum Gasteiger partial charge on any atom is 0.251 e. The van der Waals surface area contributed by atoms with Gasteiger partial charge in [-0.1, -0.05) is 19.9 Å². The Morgan fingerprint density at radius 2 is 1.98 bits per heavy atom. The van der Waals surface area contributed by atoms with Crippen molar-refractivity contribution in [3.05, 3.63) is 53.7 Å². The van der Waals surface area contributed by atoms with Crippen molar-refractivity contribution in [3.63, 3.8) is 0 Å². The van der Waals surface area contributed by atoms with Crippen LogP contribution in [0.15, 0.2) is 48.1 Å². The van der Waals surface area contributed by atoms with Gasteiger partial charge in [0, 0.05) is 50.5 Å². The summed E-state index contributed by atoms with van der Waals surface area (Å²) in [5.74, 6) is 0.532. The normalized spacial score (nSPS) is 15.0. The van der Waals surface area contributed by atoms with E-state index in [0.29, 0.717) is 35.8 Å². The lowest BCUT2D eigenvalue weighted by molar-refractivity contribution is 0.0398. The Morgan fingerprint density at radius 3 is 2.73 bits per heavy atom. The Labute approximate surface area is 239 Å². The molecule has 5 rings (SSSR count). The minimum Gasteiger partial charge on any atom is -0.379 e. The Hall–Kier alpha value is -3.38. The van der Waals surface area contributed by atoms with Gasteiger partial charge in [0.2, 0.25) is 0 Å². The van der Waals surface area contributed by atoms with Crippen molar-refractivity contribution < 1.29 is 9.53 Å². The number of carbonyl (C=O) groups excluding carboxylic acids is 1. The number of carbonyl (C=O) groups is 1. The average Bonchev–Trinajstić information content (AvgIpc) is 3.67. The summed E-state index contributed by atoms with van der Waals surface area (Å²) in [5, 5.41) is 13.1. The van der Waals surface area contributed by atoms with Crippen molar-refractivity contribution in [2.24, 2.45) is 0 Å². The van der Waals surface area contributed by atoms with Crippen molar-refractivity contribution in [1.82, 2.24) is 34.7 Å². The van der Waals surface area contributed by atoms with Crippen LogP contribution in [0, 0.1) is 0 Å². The lowest BCUT2D eigenvalue weighted by Gasteiger charge is -2.26. The van der Waals surface area contributed by atoms with Gasteiger partial charge in [-0.3, -0.25) is 14.6 Å². The average molecular weight is 563 g/mol. The van der Waals surface area contributed by atoms with E-state index in [9.17, 15) is 4.79 Å². The third-order valence-corrected chi connectivity index (χ3v) is 8.23. The minimum atomic E-state index is -0.123. The second-order valence-corrected chi connectivity index (χ2v) is 10.9. The third kappa shape index (κ3) is 6.67. The number of nitrogens with zero attached hydrogens (tertiary/aromatic N) is 6. The van der Waals surface area contributed by atoms with Crippen LogP contribution in [-0.2, 0) is 4.74 Å². The van der Waals surface area contributed by atoms with Gasteiger partial charge in [0.1, 0.15) is 5.82 Å². The van der Waals surface area contributed by atoms with E-state index in [2.05, 4.69) is 52.4 Å². The highest BCUT2D eigenvalue weighted by Gasteiger charge is 2.18. The van der Waals surface area contributed by atoms with E-state index >= 15 is 0 Å². The smallest absolute Gasteiger partial charge is 0.251 e. The monoisotopic (exact) mass is 562 g/mol. The second-order valence-electron chi connectivity index (χ2n) is 9.90. The van der Waals surface area contributed by atoms with E-state index in [1.807, 2.05) is 35.8 Å². The number of hydrogen-bond acceptors (Lipinski definition) is 9. The molecular formula is C29H38N8O2S. The van der Waals surface area contributed by atoms with Gasteiger partial charge in [-0.05, 0) is 49.7 Å². The molecule has 4 aromatic rings. The molecule has 5 heterocycles. The molecule has 0 aliphatic carbocycles. The molecule has 1 unspecified atom stereocenters. The number of aromatic nitrogens is 4. The topological polar surface area (TPSA) is 99.9 Å². The van der Waals surface area contributed by atoms with Crippen LogP contribution in [0.25, 0.3) is 27.5 Å². The van der Waals surface area contributed by atoms with Crippen LogP contribution >= 0.6 is 11.3 Å². The molecule has 1 atom stereocenters. The van der Waals surface area contributed by atoms with Gasteiger partial charge in [0.25, 0.3) is 5.91 Å². The first-order valence-electron chi connectivity index (χ1n) is 14.0. The Kier molecular flexibility index (Phi) is 9.38. The number of pyridine rings is 1. The highest BCUT2D eigenvalue weighted by atomic mass is 32.1. The fraction of sp³-hybridized carbons (Fsp3) is 0.448. The number of likely N-dealkylation sites (N-methyl/N-ethyl adjacent to an activating group) is 1. The Morgan fingerprint density at radius 1 is 1.15 bits per heavy atom. The third-order valence-electron chi connectivity index (χ3n) is 7.34. The number of amides is 1. The zero-order valence-corrected chi connectivity index (χ0v) is 24.3. The van der Waals surface area contributed by atoms with Gasteiger partial charge >= 0.3 is 0 Å². The molecule has 1 amide bonds. The predicted octanol–water partition coefficient (Wildman–Crippen LogP) is 3.72. The number of hydrogen-bond donors (Lipinski definition) is 2. The van der Waals surface area contributed by atoms with E-state index in [0.717, 1.165) is 62.1 Å². The maximum atomic E-state index is 13.4. The van der Waals surface area contributed by atoms with Crippen molar-refractivity contribution in [1.29, 1.82) is 0 Å². The summed E-state index contributed by atoms with van der Waals surface area (Å²) in [6.45, 7) is 13.8. The molecule has 2 N–H and O–H groups in total. The highest BCUT2D eigenvalue weighted by Crippen LogP contribution is 2.28. The molecule has 4 aromatic heterocycles. The van der Waals surface area contributed by atoms with E-state index in [1.54, 1.807) is 22.0 Å². The van der Waals surface area contributed by atoms with E-state index in [4.69, 9.17) is 14.7 Å². The zero-order valence-electron chi connectivity index (χ0n) is 23.5. The number of nitrogens with one attached hydrogen (secondary N) is 2. The van der Waals surface area contributed by atoms with Crippen LogP contribution in [-0.4, -0.2) is 100 Å². The van der Waals surface area contributed by atoms with Gasteiger partial charge in [0.15, 0.2) is 5.65 Å². The minimum absolute atomic E-state index is 0.123. The van der Waals surface area contributed by atoms with Crippen molar-refractivity contribution in [3.8, 4) is 21.8 Å². The number of thiophene rings is 1. The van der Waals surface area contributed by atoms with E-state index in [-0.39, 0.29) is 11.9 Å². The van der Waals surface area contributed by atoms with Crippen LogP contribution in [0.2, 0.25) is 0 Å². The SMILES string of the molecule is CCN(CC)C(C)CNC(=O)c1cc(NCCN2CCOCC2)nc(-c2cnn3ccc(-c4cccs4)nc23)c1. The summed E-state index contributed by atoms with van der Waals surface area (Å²) in [6.07, 6.45) is 3.68. The number of anilines is 1. The Bertz CT molecular complexity index is 1400. The molecule has 0 spiro atoms. The van der Waals surface area contributed by atoms with E-state index < -0.39 is 0 Å². The quantitative estimate of drug-likeness (QED) is 0.270. The fourth-order valence-corrected chi connectivity index (χ4v) is 5.68. The second kappa shape index (κ2) is 13.3. The summed E-state index contributed by atoms with van der Waals surface area (Å²) in [5.41, 5.74) is 3.57. The molecule has 40 heavy (non-hydrogen) atoms. The van der Waals surface area contributed by atoms with Crippen molar-refractivity contribution in [2.45, 2.75) is 26.8 Å². The predicted molar refractivity (Wildman–Crippen MR) is 160 cm³/mol. The van der Waals surface area contributed by atoms with Gasteiger partial charge < -0.3 is 15.4 Å². The molecule has 1 aliphatic rings. The van der Waals surface area contributed by atoms with Crippen molar-refractivity contribution in [2.75, 3.05) is 64.3 Å². The van der Waals surface area contributed by atoms with Crippen LogP contribution < -0.4 is 10.6 Å². The molecule has 11 heteroatoms. The summed E-state index contributed by atoms with van der Waals surface area (Å²) in [4.78, 5) is 29.0. The summed E-state index contributed by atoms with van der Waals surface area (Å²) in [7, 11) is 0. The number of fused-ring (bicyclic) bond motifs is 1. The molecule has 0 bridgehead atoms. The van der Waals surface area contributed by atoms with Crippen LogP contribution in [0.3, 0.4) is 0 Å². The molecule has 1 fully saturated rings. The van der Waals surface area contributed by atoms with Crippen molar-refractivity contribution >= 4 is 28.7 Å². The van der Waals surface area contributed by atoms with Gasteiger partial charge in [0.05, 0.1) is 41.2 Å².